The molecule has 2 atom stereocenters. The first kappa shape index (κ1) is 39.3. The molecule has 5 aromatic rings. The molecule has 16 heteroatoms. The number of nitrogens with two attached hydrogens (primary N) is 1. The Labute approximate surface area is 308 Å². The first-order valence-electron chi connectivity index (χ1n) is 16.3. The van der Waals surface area contributed by atoms with Crippen LogP contribution < -0.4 is 21.7 Å². The van der Waals surface area contributed by atoms with E-state index in [4.69, 9.17) is 19.9 Å². The van der Waals surface area contributed by atoms with Gasteiger partial charge >= 0.3 is 18.0 Å². The molecule has 52 heavy (non-hydrogen) atoms. The van der Waals surface area contributed by atoms with Gasteiger partial charge < -0.3 is 35.9 Å². The van der Waals surface area contributed by atoms with Crippen LogP contribution in [0.25, 0.3) is 20.4 Å². The van der Waals surface area contributed by atoms with E-state index in [0.29, 0.717) is 9.75 Å². The van der Waals surface area contributed by atoms with E-state index in [1.165, 1.54) is 22.7 Å². The Hall–Kier alpha value is -5.45. The number of pyridine rings is 2. The molecule has 0 spiro atoms. The summed E-state index contributed by atoms with van der Waals surface area (Å²) in [5.74, 6) is -1.81. The van der Waals surface area contributed by atoms with Crippen molar-refractivity contribution >= 4 is 73.0 Å². The largest absolute Gasteiger partial charge is 0.465 e. The average molecular weight is 749 g/mol. The van der Waals surface area contributed by atoms with E-state index < -0.39 is 30.1 Å². The van der Waals surface area contributed by atoms with Crippen molar-refractivity contribution in [1.82, 2.24) is 25.9 Å². The van der Waals surface area contributed by atoms with E-state index in [0.717, 1.165) is 37.1 Å². The predicted octanol–water partition coefficient (Wildman–Crippen LogP) is 4.42. The Balaban J connectivity index is 0.000000251. The molecular formula is C36H40N6O8S2. The molecule has 0 bridgehead atoms. The smallest absolute Gasteiger partial charge is 0.408 e. The molecule has 3 amide bonds. The maximum absolute atomic E-state index is 12.6. The number of benzene rings is 1. The number of aromatic nitrogens is 2. The molecular weight excluding hydrogens is 709 g/mol. The summed E-state index contributed by atoms with van der Waals surface area (Å²) in [5.41, 5.74) is 10.1. The predicted molar refractivity (Wildman–Crippen MR) is 198 cm³/mol. The number of carbonyl (C=O) groups excluding carboxylic acids is 5. The Bertz CT molecular complexity index is 2020. The van der Waals surface area contributed by atoms with Crippen LogP contribution in [0.2, 0.25) is 0 Å². The number of amides is 3. The lowest BCUT2D eigenvalue weighted by atomic mass is 10.2. The van der Waals surface area contributed by atoms with Crippen molar-refractivity contribution in [2.45, 2.75) is 46.4 Å². The van der Waals surface area contributed by atoms with Crippen LogP contribution in [0.4, 0.5) is 4.79 Å². The second-order valence-electron chi connectivity index (χ2n) is 11.2. The normalized spacial score (nSPS) is 11.8. The molecule has 274 valence electrons. The van der Waals surface area contributed by atoms with Gasteiger partial charge in [-0.05, 0) is 68.7 Å². The van der Waals surface area contributed by atoms with Crippen LogP contribution in [-0.2, 0) is 30.4 Å². The fourth-order valence-electron chi connectivity index (χ4n) is 4.60. The molecule has 1 aromatic carbocycles. The van der Waals surface area contributed by atoms with Crippen LogP contribution in [0, 0.1) is 13.8 Å². The summed E-state index contributed by atoms with van der Waals surface area (Å²) in [6, 6.07) is 14.4. The number of nitrogens with zero attached hydrogens (tertiary/aromatic N) is 2. The third-order valence-corrected chi connectivity index (χ3v) is 9.80. The van der Waals surface area contributed by atoms with Gasteiger partial charge in [-0.25, -0.2) is 9.59 Å². The summed E-state index contributed by atoms with van der Waals surface area (Å²) >= 11 is 2.69. The summed E-state index contributed by atoms with van der Waals surface area (Å²) in [6.45, 7) is 7.65. The summed E-state index contributed by atoms with van der Waals surface area (Å²) in [4.78, 5) is 69.9. The van der Waals surface area contributed by atoms with Gasteiger partial charge in [-0.2, -0.15) is 0 Å². The van der Waals surface area contributed by atoms with Gasteiger partial charge in [-0.15, -0.1) is 22.7 Å². The van der Waals surface area contributed by atoms with Gasteiger partial charge in [0.1, 0.15) is 18.7 Å². The molecule has 0 unspecified atom stereocenters. The van der Waals surface area contributed by atoms with Gasteiger partial charge in [0.15, 0.2) is 0 Å². The molecule has 0 aliphatic heterocycles. The summed E-state index contributed by atoms with van der Waals surface area (Å²) in [7, 11) is 0. The molecule has 0 aliphatic rings. The highest BCUT2D eigenvalue weighted by Gasteiger charge is 2.24. The SMILES string of the molecule is CCOC(=O)[C@@H](CNC(=O)c1cc2nccc(C)c2s1)NC(=O)OCc1ccccc1.CCOC(=O)[C@H](N)CNC(=O)c1cc2nccc(C)c2s1. The minimum Gasteiger partial charge on any atom is -0.465 e. The average Bonchev–Trinajstić information content (AvgIpc) is 3.79. The van der Waals surface area contributed by atoms with Crippen molar-refractivity contribution in [1.29, 1.82) is 0 Å². The lowest BCUT2D eigenvalue weighted by Crippen LogP contribution is -2.49. The Kier molecular flexibility index (Phi) is 14.6. The summed E-state index contributed by atoms with van der Waals surface area (Å²) in [6.07, 6.45) is 2.62. The van der Waals surface area contributed by atoms with Crippen LogP contribution in [0.1, 0.15) is 49.9 Å². The highest BCUT2D eigenvalue weighted by molar-refractivity contribution is 7.21. The second kappa shape index (κ2) is 19.2. The number of hydrogen-bond donors (Lipinski definition) is 4. The van der Waals surface area contributed by atoms with E-state index >= 15 is 0 Å². The Morgan fingerprint density at radius 1 is 0.731 bits per heavy atom. The van der Waals surface area contributed by atoms with Crippen molar-refractivity contribution in [3.05, 3.63) is 93.4 Å². The van der Waals surface area contributed by atoms with Crippen molar-refractivity contribution in [3.8, 4) is 0 Å². The number of alkyl carbamates (subject to hydrolysis) is 1. The molecule has 0 saturated carbocycles. The number of aryl methyl sites for hydroxylation is 2. The third-order valence-electron chi connectivity index (χ3n) is 7.28. The highest BCUT2D eigenvalue weighted by Crippen LogP contribution is 2.27. The fraction of sp³-hybridized carbons (Fsp3) is 0.306. The zero-order chi connectivity index (χ0) is 37.6. The maximum Gasteiger partial charge on any atom is 0.408 e. The topological polar surface area (TPSA) is 201 Å². The van der Waals surface area contributed by atoms with Crippen molar-refractivity contribution in [2.24, 2.45) is 5.73 Å². The number of hydrogen-bond acceptors (Lipinski definition) is 13. The molecule has 4 aromatic heterocycles. The monoisotopic (exact) mass is 748 g/mol. The fourth-order valence-corrected chi connectivity index (χ4v) is 6.60. The quantitative estimate of drug-likeness (QED) is 0.0982. The first-order chi connectivity index (χ1) is 25.0. The number of esters is 2. The van der Waals surface area contributed by atoms with Gasteiger partial charge in [0.2, 0.25) is 0 Å². The van der Waals surface area contributed by atoms with Crippen LogP contribution >= 0.6 is 22.7 Å². The molecule has 5 N–H and O–H groups in total. The van der Waals surface area contributed by atoms with Crippen LogP contribution in [0.5, 0.6) is 0 Å². The van der Waals surface area contributed by atoms with Crippen LogP contribution in [0.15, 0.2) is 67.0 Å². The Morgan fingerprint density at radius 3 is 1.77 bits per heavy atom. The van der Waals surface area contributed by atoms with E-state index in [9.17, 15) is 24.0 Å². The number of nitrogens with one attached hydrogen (secondary N) is 3. The number of rotatable bonds is 13. The number of carbonyl (C=O) groups is 5. The lowest BCUT2D eigenvalue weighted by molar-refractivity contribution is -0.145. The maximum atomic E-state index is 12.6. The number of thiophene rings is 2. The molecule has 0 radical (unpaired) electrons. The lowest BCUT2D eigenvalue weighted by Gasteiger charge is -2.17. The molecule has 0 fully saturated rings. The van der Waals surface area contributed by atoms with Gasteiger partial charge in [-0.1, -0.05) is 30.3 Å². The minimum atomic E-state index is -1.08. The van der Waals surface area contributed by atoms with Gasteiger partial charge in [0.05, 0.1) is 43.4 Å². The second-order valence-corrected chi connectivity index (χ2v) is 13.3. The summed E-state index contributed by atoms with van der Waals surface area (Å²) in [5, 5.41) is 7.76. The third kappa shape index (κ3) is 11.0. The molecule has 0 saturated heterocycles. The zero-order valence-electron chi connectivity index (χ0n) is 29.1. The van der Waals surface area contributed by atoms with E-state index in [2.05, 4.69) is 25.9 Å². The highest BCUT2D eigenvalue weighted by atomic mass is 32.1. The molecule has 0 aliphatic carbocycles. The zero-order valence-corrected chi connectivity index (χ0v) is 30.7. The molecule has 5 rings (SSSR count). The number of ether oxygens (including phenoxy) is 3. The van der Waals surface area contributed by atoms with Crippen LogP contribution in [-0.4, -0.2) is 78.2 Å². The molecule has 4 heterocycles. The summed E-state index contributed by atoms with van der Waals surface area (Å²) < 4.78 is 16.9. The number of fused-ring (bicyclic) bond motifs is 2. The van der Waals surface area contributed by atoms with Crippen molar-refractivity contribution < 1.29 is 38.2 Å². The van der Waals surface area contributed by atoms with Crippen molar-refractivity contribution in [2.75, 3.05) is 26.3 Å². The van der Waals surface area contributed by atoms with Gasteiger partial charge in [-0.3, -0.25) is 24.4 Å². The van der Waals surface area contributed by atoms with E-state index in [1.807, 2.05) is 56.3 Å². The standard InChI is InChI=1S/C22H23N3O5S.C14H17N3O3S/c1-3-29-21(27)17(25-22(28)30-13-15-7-5-4-6-8-15)12-24-20(26)18-11-16-19(31-18)14(2)9-10-23-16;1-3-20-14(19)9(15)7-17-13(18)11-6-10-12(21-11)8(2)4-5-16-10/h4-11,17H,3,12-13H2,1-2H3,(H,24,26)(H,25,28);4-6,9H,3,7,15H2,1-2H3,(H,17,18)/t17-;9-/m11/s1. The Morgan fingerprint density at radius 2 is 1.25 bits per heavy atom. The van der Waals surface area contributed by atoms with E-state index in [-0.39, 0.29) is 44.7 Å². The minimum absolute atomic E-state index is 0.0400. The van der Waals surface area contributed by atoms with Crippen molar-refractivity contribution in [3.63, 3.8) is 0 Å². The van der Waals surface area contributed by atoms with Gasteiger partial charge in [0, 0.05) is 25.5 Å². The first-order valence-corrected chi connectivity index (χ1v) is 18.0. The van der Waals surface area contributed by atoms with Gasteiger partial charge in [0.25, 0.3) is 11.8 Å². The van der Waals surface area contributed by atoms with E-state index in [1.54, 1.807) is 38.4 Å². The molecule has 14 nitrogen and oxygen atoms in total. The van der Waals surface area contributed by atoms with Crippen LogP contribution in [0.3, 0.4) is 0 Å².